The summed E-state index contributed by atoms with van der Waals surface area (Å²) in [5.74, 6) is 1.54. The maximum absolute atomic E-state index is 2.52. The van der Waals surface area contributed by atoms with Gasteiger partial charge in [0.05, 0.1) is 13.1 Å². The van der Waals surface area contributed by atoms with Gasteiger partial charge in [-0.05, 0) is 26.2 Å². The quantitative estimate of drug-likeness (QED) is 0.157. The molecule has 0 saturated heterocycles. The minimum atomic E-state index is 1.10. The standard InChI is InChI=1S/C26H51N2/c1-4-7-9-10-11-12-13-14-15-16-17-18-19-20-21-23-28-25-24-27(6-3)26(28)22-8-5-2/h24-25H,4-23H2,1-3H3/q+1. The molecule has 0 aliphatic heterocycles. The average molecular weight is 392 g/mol. The van der Waals surface area contributed by atoms with Crippen LogP contribution in [0.25, 0.3) is 0 Å². The molecule has 0 aliphatic carbocycles. The van der Waals surface area contributed by atoms with Gasteiger partial charge in [-0.25, -0.2) is 9.13 Å². The van der Waals surface area contributed by atoms with Crippen LogP contribution in [0.4, 0.5) is 0 Å². The lowest BCUT2D eigenvalue weighted by Gasteiger charge is -2.05. The van der Waals surface area contributed by atoms with Crippen LogP contribution in [0.1, 0.15) is 136 Å². The van der Waals surface area contributed by atoms with Gasteiger partial charge in [-0.1, -0.05) is 104 Å². The summed E-state index contributed by atoms with van der Waals surface area (Å²) in [5.41, 5.74) is 0. The minimum absolute atomic E-state index is 1.10. The predicted octanol–water partition coefficient (Wildman–Crippen LogP) is 8.01. The van der Waals surface area contributed by atoms with Gasteiger partial charge in [-0.2, -0.15) is 0 Å². The molecule has 0 radical (unpaired) electrons. The van der Waals surface area contributed by atoms with E-state index >= 15 is 0 Å². The van der Waals surface area contributed by atoms with Crippen LogP contribution in [0.5, 0.6) is 0 Å². The molecule has 1 aromatic heterocycles. The van der Waals surface area contributed by atoms with Gasteiger partial charge in [0.1, 0.15) is 12.4 Å². The maximum Gasteiger partial charge on any atom is 0.256 e. The topological polar surface area (TPSA) is 8.81 Å². The molecule has 0 N–H and O–H groups in total. The molecule has 1 rings (SSSR count). The minimum Gasteiger partial charge on any atom is -0.235 e. The first kappa shape index (κ1) is 25.2. The molecule has 1 heterocycles. The molecule has 2 heteroatoms. The summed E-state index contributed by atoms with van der Waals surface area (Å²) in [7, 11) is 0. The second kappa shape index (κ2) is 18.3. The van der Waals surface area contributed by atoms with Crippen LogP contribution < -0.4 is 4.57 Å². The van der Waals surface area contributed by atoms with Crippen LogP contribution >= 0.6 is 0 Å². The van der Waals surface area contributed by atoms with Gasteiger partial charge in [0.25, 0.3) is 5.82 Å². The van der Waals surface area contributed by atoms with Crippen LogP contribution in [-0.2, 0) is 19.5 Å². The van der Waals surface area contributed by atoms with E-state index in [9.17, 15) is 0 Å². The van der Waals surface area contributed by atoms with Crippen LogP contribution in [0.15, 0.2) is 12.4 Å². The van der Waals surface area contributed by atoms with Crippen molar-refractivity contribution in [2.45, 2.75) is 149 Å². The Labute approximate surface area is 177 Å². The van der Waals surface area contributed by atoms with Crippen molar-refractivity contribution in [3.05, 3.63) is 18.2 Å². The summed E-state index contributed by atoms with van der Waals surface area (Å²) in [4.78, 5) is 0. The second-order valence-corrected chi connectivity index (χ2v) is 8.75. The molecule has 0 fully saturated rings. The molecule has 164 valence electrons. The molecule has 0 aromatic carbocycles. The Kier molecular flexibility index (Phi) is 16.5. The Balaban J connectivity index is 1.94. The smallest absolute Gasteiger partial charge is 0.235 e. The van der Waals surface area contributed by atoms with E-state index in [0.717, 1.165) is 6.54 Å². The van der Waals surface area contributed by atoms with Crippen molar-refractivity contribution in [1.82, 2.24) is 4.57 Å². The molecule has 0 atom stereocenters. The summed E-state index contributed by atoms with van der Waals surface area (Å²) in [5, 5.41) is 0. The number of aromatic nitrogens is 2. The number of unbranched alkanes of at least 4 members (excludes halogenated alkanes) is 15. The van der Waals surface area contributed by atoms with Crippen molar-refractivity contribution < 1.29 is 4.57 Å². The monoisotopic (exact) mass is 391 g/mol. The molecule has 0 bridgehead atoms. The van der Waals surface area contributed by atoms with Crippen molar-refractivity contribution in [1.29, 1.82) is 0 Å². The fourth-order valence-electron chi connectivity index (χ4n) is 4.27. The van der Waals surface area contributed by atoms with E-state index in [2.05, 4.69) is 42.3 Å². The number of hydrogen-bond donors (Lipinski definition) is 0. The second-order valence-electron chi connectivity index (χ2n) is 8.75. The molecule has 2 nitrogen and oxygen atoms in total. The van der Waals surface area contributed by atoms with Crippen LogP contribution in [0, 0.1) is 0 Å². The fourth-order valence-corrected chi connectivity index (χ4v) is 4.27. The Hall–Kier alpha value is -0.790. The average Bonchev–Trinajstić information content (AvgIpc) is 3.11. The van der Waals surface area contributed by atoms with Crippen molar-refractivity contribution in [2.24, 2.45) is 0 Å². The third-order valence-corrected chi connectivity index (χ3v) is 6.19. The molecule has 0 aliphatic rings. The number of rotatable bonds is 20. The highest BCUT2D eigenvalue weighted by Gasteiger charge is 2.14. The number of hydrogen-bond acceptors (Lipinski definition) is 0. The summed E-state index contributed by atoms with van der Waals surface area (Å²) in [6.45, 7) is 9.16. The highest BCUT2D eigenvalue weighted by atomic mass is 15.1. The van der Waals surface area contributed by atoms with Crippen molar-refractivity contribution in [3.63, 3.8) is 0 Å². The van der Waals surface area contributed by atoms with E-state index in [1.165, 1.54) is 128 Å². The highest BCUT2D eigenvalue weighted by Crippen LogP contribution is 2.13. The lowest BCUT2D eigenvalue weighted by atomic mass is 10.0. The summed E-state index contributed by atoms with van der Waals surface area (Å²) in [6.07, 6.45) is 30.0. The lowest BCUT2D eigenvalue weighted by molar-refractivity contribution is -0.704. The summed E-state index contributed by atoms with van der Waals surface area (Å²) >= 11 is 0. The molecule has 0 amide bonds. The van der Waals surface area contributed by atoms with E-state index in [-0.39, 0.29) is 0 Å². The Bertz CT molecular complexity index is 449. The zero-order chi connectivity index (χ0) is 20.3. The van der Waals surface area contributed by atoms with Gasteiger partial charge < -0.3 is 0 Å². The molecule has 0 unspecified atom stereocenters. The van der Waals surface area contributed by atoms with E-state index in [1.807, 2.05) is 0 Å². The van der Waals surface area contributed by atoms with Crippen molar-refractivity contribution >= 4 is 0 Å². The molecule has 1 aromatic rings. The number of nitrogens with zero attached hydrogens (tertiary/aromatic N) is 2. The molecular formula is C26H51N2+. The molecule has 28 heavy (non-hydrogen) atoms. The van der Waals surface area contributed by atoms with E-state index in [0.29, 0.717) is 0 Å². The Morgan fingerprint density at radius 3 is 1.54 bits per heavy atom. The van der Waals surface area contributed by atoms with Crippen LogP contribution in [-0.4, -0.2) is 4.57 Å². The van der Waals surface area contributed by atoms with Crippen molar-refractivity contribution in [3.8, 4) is 0 Å². The van der Waals surface area contributed by atoms with Gasteiger partial charge in [0.15, 0.2) is 0 Å². The first-order valence-corrected chi connectivity index (χ1v) is 12.9. The third-order valence-electron chi connectivity index (χ3n) is 6.19. The SMILES string of the molecule is CCCCCCCCCCCCCCCCC[n+]1ccn(CC)c1CCCC. The zero-order valence-electron chi connectivity index (χ0n) is 19.7. The maximum atomic E-state index is 2.52. The van der Waals surface area contributed by atoms with E-state index in [4.69, 9.17) is 0 Å². The van der Waals surface area contributed by atoms with Gasteiger partial charge >= 0.3 is 0 Å². The summed E-state index contributed by atoms with van der Waals surface area (Å²) in [6, 6.07) is 0. The van der Waals surface area contributed by atoms with Gasteiger partial charge in [-0.3, -0.25) is 0 Å². The van der Waals surface area contributed by atoms with Crippen LogP contribution in [0.2, 0.25) is 0 Å². The highest BCUT2D eigenvalue weighted by molar-refractivity contribution is 4.83. The normalized spacial score (nSPS) is 11.4. The van der Waals surface area contributed by atoms with E-state index in [1.54, 1.807) is 0 Å². The first-order valence-electron chi connectivity index (χ1n) is 12.9. The zero-order valence-corrected chi connectivity index (χ0v) is 19.7. The van der Waals surface area contributed by atoms with Crippen molar-refractivity contribution in [2.75, 3.05) is 0 Å². The first-order chi connectivity index (χ1) is 13.8. The van der Waals surface area contributed by atoms with E-state index < -0.39 is 0 Å². The lowest BCUT2D eigenvalue weighted by Crippen LogP contribution is -2.37. The molecule has 0 spiro atoms. The molecule has 0 saturated carbocycles. The predicted molar refractivity (Wildman–Crippen MR) is 124 cm³/mol. The number of aryl methyl sites for hydroxylation is 2. The number of imidazole rings is 1. The Morgan fingerprint density at radius 1 is 0.607 bits per heavy atom. The van der Waals surface area contributed by atoms with Gasteiger partial charge in [-0.15, -0.1) is 0 Å². The van der Waals surface area contributed by atoms with Gasteiger partial charge in [0, 0.05) is 6.42 Å². The van der Waals surface area contributed by atoms with Gasteiger partial charge in [0.2, 0.25) is 0 Å². The largest absolute Gasteiger partial charge is 0.256 e. The Morgan fingerprint density at radius 2 is 1.07 bits per heavy atom. The fraction of sp³-hybridized carbons (Fsp3) is 0.885. The van der Waals surface area contributed by atoms with Crippen LogP contribution in [0.3, 0.4) is 0 Å². The molecular weight excluding hydrogens is 340 g/mol. The summed E-state index contributed by atoms with van der Waals surface area (Å²) < 4.78 is 4.95. The third kappa shape index (κ3) is 11.9.